The third-order valence-corrected chi connectivity index (χ3v) is 3.03. The van der Waals surface area contributed by atoms with Gasteiger partial charge in [-0.2, -0.15) is 0 Å². The highest BCUT2D eigenvalue weighted by atomic mass is 15.1. The second-order valence-electron chi connectivity index (χ2n) is 4.46. The maximum absolute atomic E-state index is 5.75. The van der Waals surface area contributed by atoms with E-state index in [4.69, 9.17) is 5.73 Å². The van der Waals surface area contributed by atoms with Crippen molar-refractivity contribution < 1.29 is 0 Å². The Kier molecular flexibility index (Phi) is 3.82. The predicted molar refractivity (Wildman–Crippen MR) is 76.6 cm³/mol. The van der Waals surface area contributed by atoms with E-state index in [1.54, 1.807) is 12.3 Å². The molecule has 0 saturated carbocycles. The Balaban J connectivity index is 2.09. The van der Waals surface area contributed by atoms with Crippen LogP contribution in [0.4, 0.5) is 11.4 Å². The van der Waals surface area contributed by atoms with E-state index >= 15 is 0 Å². The zero-order valence-corrected chi connectivity index (χ0v) is 10.9. The summed E-state index contributed by atoms with van der Waals surface area (Å²) in [5.41, 5.74) is 10.0. The minimum Gasteiger partial charge on any atom is -0.399 e. The van der Waals surface area contributed by atoms with E-state index in [-0.39, 0.29) is 0 Å². The zero-order chi connectivity index (χ0) is 13.0. The lowest BCUT2D eigenvalue weighted by atomic mass is 10.1. The number of nitrogen functional groups attached to an aromatic ring is 1. The Hall–Kier alpha value is -2.03. The summed E-state index contributed by atoms with van der Waals surface area (Å²) < 4.78 is 0. The molecule has 0 spiro atoms. The average molecular weight is 241 g/mol. The van der Waals surface area contributed by atoms with Crippen molar-refractivity contribution in [2.45, 2.75) is 19.9 Å². The summed E-state index contributed by atoms with van der Waals surface area (Å²) in [6, 6.07) is 12.3. The van der Waals surface area contributed by atoms with Gasteiger partial charge in [0.15, 0.2) is 0 Å². The molecule has 0 aliphatic carbocycles. The molecule has 0 saturated heterocycles. The first-order valence-corrected chi connectivity index (χ1v) is 6.19. The van der Waals surface area contributed by atoms with Crippen molar-refractivity contribution >= 4 is 11.4 Å². The number of hydrogen-bond acceptors (Lipinski definition) is 3. The highest BCUT2D eigenvalue weighted by molar-refractivity contribution is 5.48. The van der Waals surface area contributed by atoms with Crippen molar-refractivity contribution in [3.8, 4) is 0 Å². The molecule has 0 aliphatic rings. The minimum atomic E-state index is 0.759. The van der Waals surface area contributed by atoms with Gasteiger partial charge in [0.1, 0.15) is 0 Å². The predicted octanol–water partition coefficient (Wildman–Crippen LogP) is 2.86. The minimum absolute atomic E-state index is 0.759. The fourth-order valence-electron chi connectivity index (χ4n) is 1.90. The first kappa shape index (κ1) is 12.4. The van der Waals surface area contributed by atoms with Crippen LogP contribution >= 0.6 is 0 Å². The van der Waals surface area contributed by atoms with Gasteiger partial charge in [0.05, 0.1) is 12.2 Å². The number of aromatic nitrogens is 1. The number of anilines is 2. The maximum atomic E-state index is 5.75. The number of pyridine rings is 1. The van der Waals surface area contributed by atoms with Crippen molar-refractivity contribution in [1.29, 1.82) is 0 Å². The number of nitrogens with zero attached hydrogens (tertiary/aromatic N) is 2. The molecule has 18 heavy (non-hydrogen) atoms. The van der Waals surface area contributed by atoms with Crippen LogP contribution in [0.2, 0.25) is 0 Å². The summed E-state index contributed by atoms with van der Waals surface area (Å²) in [6.45, 7) is 2.92. The molecular weight excluding hydrogens is 222 g/mol. The molecule has 1 aromatic heterocycles. The summed E-state index contributed by atoms with van der Waals surface area (Å²) >= 11 is 0. The molecule has 3 heteroatoms. The van der Waals surface area contributed by atoms with Crippen molar-refractivity contribution in [1.82, 2.24) is 4.98 Å². The number of benzene rings is 1. The van der Waals surface area contributed by atoms with Gasteiger partial charge in [0.2, 0.25) is 0 Å². The monoisotopic (exact) mass is 241 g/mol. The summed E-state index contributed by atoms with van der Waals surface area (Å²) in [6.07, 6.45) is 2.82. The average Bonchev–Trinajstić information content (AvgIpc) is 2.39. The molecule has 2 aromatic rings. The van der Waals surface area contributed by atoms with E-state index in [1.807, 2.05) is 6.07 Å². The normalized spacial score (nSPS) is 10.3. The number of aryl methyl sites for hydroxylation is 1. The van der Waals surface area contributed by atoms with E-state index in [0.29, 0.717) is 0 Å². The van der Waals surface area contributed by atoms with Crippen LogP contribution in [0.3, 0.4) is 0 Å². The Morgan fingerprint density at radius 3 is 2.50 bits per heavy atom. The van der Waals surface area contributed by atoms with Gasteiger partial charge in [-0.3, -0.25) is 4.98 Å². The topological polar surface area (TPSA) is 42.1 Å². The lowest BCUT2D eigenvalue weighted by molar-refractivity contribution is 0.885. The molecule has 2 N–H and O–H groups in total. The lowest BCUT2D eigenvalue weighted by Crippen LogP contribution is -2.17. The van der Waals surface area contributed by atoms with E-state index in [0.717, 1.165) is 24.3 Å². The van der Waals surface area contributed by atoms with Gasteiger partial charge < -0.3 is 10.6 Å². The molecule has 2 rings (SSSR count). The molecule has 0 atom stereocenters. The van der Waals surface area contributed by atoms with Crippen LogP contribution in [0.1, 0.15) is 18.2 Å². The fourth-order valence-corrected chi connectivity index (χ4v) is 1.90. The largest absolute Gasteiger partial charge is 0.399 e. The summed E-state index contributed by atoms with van der Waals surface area (Å²) in [7, 11) is 2.06. The van der Waals surface area contributed by atoms with Crippen LogP contribution in [-0.4, -0.2) is 12.0 Å². The van der Waals surface area contributed by atoms with E-state index in [9.17, 15) is 0 Å². The maximum Gasteiger partial charge on any atom is 0.0617 e. The smallest absolute Gasteiger partial charge is 0.0617 e. The van der Waals surface area contributed by atoms with Crippen LogP contribution in [0.15, 0.2) is 42.6 Å². The van der Waals surface area contributed by atoms with E-state index in [1.165, 1.54) is 11.3 Å². The molecule has 94 valence electrons. The number of hydrogen-bond donors (Lipinski definition) is 1. The second-order valence-corrected chi connectivity index (χ2v) is 4.46. The Morgan fingerprint density at radius 1 is 1.17 bits per heavy atom. The van der Waals surface area contributed by atoms with Crippen LogP contribution in [0.25, 0.3) is 0 Å². The van der Waals surface area contributed by atoms with E-state index in [2.05, 4.69) is 48.1 Å². The first-order chi connectivity index (χ1) is 8.69. The highest BCUT2D eigenvalue weighted by Gasteiger charge is 2.03. The quantitative estimate of drug-likeness (QED) is 0.895. The Bertz CT molecular complexity index is 505. The molecule has 1 heterocycles. The molecule has 0 unspecified atom stereocenters. The summed E-state index contributed by atoms with van der Waals surface area (Å²) in [4.78, 5) is 6.48. The molecular formula is C15H19N3. The van der Waals surface area contributed by atoms with Gasteiger partial charge in [-0.25, -0.2) is 0 Å². The van der Waals surface area contributed by atoms with Gasteiger partial charge in [-0.05, 0) is 36.2 Å². The zero-order valence-electron chi connectivity index (χ0n) is 10.9. The van der Waals surface area contributed by atoms with Crippen molar-refractivity contribution in [2.24, 2.45) is 0 Å². The molecule has 3 nitrogen and oxygen atoms in total. The van der Waals surface area contributed by atoms with Gasteiger partial charge in [0, 0.05) is 24.6 Å². The standard InChI is InChI=1S/C15H19N3/c1-3-12-4-6-15(7-5-12)18(2)11-14-10-13(16)8-9-17-14/h4-10H,3,11H2,1-2H3,(H2,16,17). The second kappa shape index (κ2) is 5.54. The molecule has 0 fully saturated rings. The van der Waals surface area contributed by atoms with Gasteiger partial charge >= 0.3 is 0 Å². The summed E-state index contributed by atoms with van der Waals surface area (Å²) in [5.74, 6) is 0. The van der Waals surface area contributed by atoms with Crippen LogP contribution in [0, 0.1) is 0 Å². The van der Waals surface area contributed by atoms with E-state index < -0.39 is 0 Å². The fraction of sp³-hybridized carbons (Fsp3) is 0.267. The molecule has 0 amide bonds. The highest BCUT2D eigenvalue weighted by Crippen LogP contribution is 2.16. The molecule has 0 aliphatic heterocycles. The molecule has 1 aromatic carbocycles. The summed E-state index contributed by atoms with van der Waals surface area (Å²) in [5, 5.41) is 0. The van der Waals surface area contributed by atoms with Crippen molar-refractivity contribution in [2.75, 3.05) is 17.7 Å². The van der Waals surface area contributed by atoms with Crippen molar-refractivity contribution in [3.05, 3.63) is 53.9 Å². The number of nitrogens with two attached hydrogens (primary N) is 1. The third-order valence-electron chi connectivity index (χ3n) is 3.03. The van der Waals surface area contributed by atoms with Crippen LogP contribution in [0.5, 0.6) is 0 Å². The van der Waals surface area contributed by atoms with Gasteiger partial charge in [0.25, 0.3) is 0 Å². The first-order valence-electron chi connectivity index (χ1n) is 6.19. The third kappa shape index (κ3) is 3.00. The Morgan fingerprint density at radius 2 is 1.89 bits per heavy atom. The van der Waals surface area contributed by atoms with Gasteiger partial charge in [-0.1, -0.05) is 19.1 Å². The SMILES string of the molecule is CCc1ccc(N(C)Cc2cc(N)ccn2)cc1. The van der Waals surface area contributed by atoms with Gasteiger partial charge in [-0.15, -0.1) is 0 Å². The Labute approximate surface area is 108 Å². The molecule has 0 bridgehead atoms. The lowest BCUT2D eigenvalue weighted by Gasteiger charge is -2.19. The van der Waals surface area contributed by atoms with Crippen LogP contribution in [-0.2, 0) is 13.0 Å². The van der Waals surface area contributed by atoms with Crippen LogP contribution < -0.4 is 10.6 Å². The van der Waals surface area contributed by atoms with Crippen molar-refractivity contribution in [3.63, 3.8) is 0 Å². The molecule has 0 radical (unpaired) electrons. The number of rotatable bonds is 4.